The van der Waals surface area contributed by atoms with E-state index in [1.807, 2.05) is 25.1 Å². The van der Waals surface area contributed by atoms with Crippen LogP contribution in [0.25, 0.3) is 0 Å². The van der Waals surface area contributed by atoms with Crippen molar-refractivity contribution in [3.05, 3.63) is 94.0 Å². The Morgan fingerprint density at radius 1 is 0.867 bits per heavy atom. The molecule has 3 nitrogen and oxygen atoms in total. The SMILES string of the molecule is CCOc1cc(CN[C@@H](C)CCc2ccccc2)cc(Br)c1OCc1ccccc1. The normalized spacial score (nSPS) is 11.8. The van der Waals surface area contributed by atoms with Crippen LogP contribution in [0.3, 0.4) is 0 Å². The van der Waals surface area contributed by atoms with Gasteiger partial charge in [0.25, 0.3) is 0 Å². The molecular formula is C26H30BrNO2. The maximum atomic E-state index is 6.08. The van der Waals surface area contributed by atoms with Gasteiger partial charge in [-0.25, -0.2) is 0 Å². The Hall–Kier alpha value is -2.30. The van der Waals surface area contributed by atoms with Crippen molar-refractivity contribution < 1.29 is 9.47 Å². The molecule has 3 rings (SSSR count). The lowest BCUT2D eigenvalue weighted by Gasteiger charge is -2.18. The van der Waals surface area contributed by atoms with Crippen molar-refractivity contribution in [2.45, 2.75) is 45.9 Å². The van der Waals surface area contributed by atoms with E-state index in [0.29, 0.717) is 19.3 Å². The first-order valence-electron chi connectivity index (χ1n) is 10.5. The second-order valence-electron chi connectivity index (χ2n) is 7.42. The van der Waals surface area contributed by atoms with Crippen molar-refractivity contribution >= 4 is 15.9 Å². The van der Waals surface area contributed by atoms with E-state index >= 15 is 0 Å². The Morgan fingerprint density at radius 3 is 2.20 bits per heavy atom. The number of rotatable bonds is 11. The Kier molecular flexibility index (Phi) is 8.79. The van der Waals surface area contributed by atoms with E-state index in [-0.39, 0.29) is 0 Å². The van der Waals surface area contributed by atoms with Crippen LogP contribution in [0.15, 0.2) is 77.3 Å². The van der Waals surface area contributed by atoms with Crippen molar-refractivity contribution in [2.75, 3.05) is 6.61 Å². The van der Waals surface area contributed by atoms with Crippen LogP contribution in [0.1, 0.15) is 37.0 Å². The third kappa shape index (κ3) is 6.89. The van der Waals surface area contributed by atoms with Crippen molar-refractivity contribution in [1.29, 1.82) is 0 Å². The number of benzene rings is 3. The highest BCUT2D eigenvalue weighted by molar-refractivity contribution is 9.10. The van der Waals surface area contributed by atoms with Crippen LogP contribution in [-0.4, -0.2) is 12.6 Å². The van der Waals surface area contributed by atoms with Crippen molar-refractivity contribution in [3.8, 4) is 11.5 Å². The Morgan fingerprint density at radius 2 is 1.53 bits per heavy atom. The minimum atomic E-state index is 0.425. The first-order valence-corrected chi connectivity index (χ1v) is 11.3. The van der Waals surface area contributed by atoms with Crippen LogP contribution in [0.5, 0.6) is 11.5 Å². The van der Waals surface area contributed by atoms with Gasteiger partial charge in [0.2, 0.25) is 0 Å². The van der Waals surface area contributed by atoms with E-state index in [1.54, 1.807) is 0 Å². The summed E-state index contributed by atoms with van der Waals surface area (Å²) >= 11 is 3.68. The fraction of sp³-hybridized carbons (Fsp3) is 0.308. The molecule has 0 saturated heterocycles. The van der Waals surface area contributed by atoms with E-state index in [2.05, 4.69) is 82.8 Å². The molecule has 0 bridgehead atoms. The summed E-state index contributed by atoms with van der Waals surface area (Å²) in [5, 5.41) is 3.63. The molecule has 0 aliphatic rings. The van der Waals surface area contributed by atoms with Crippen LogP contribution < -0.4 is 14.8 Å². The molecule has 0 aliphatic heterocycles. The molecule has 1 atom stereocenters. The number of hydrogen-bond acceptors (Lipinski definition) is 3. The Bertz CT molecular complexity index is 900. The van der Waals surface area contributed by atoms with Crippen LogP contribution >= 0.6 is 15.9 Å². The molecule has 3 aromatic carbocycles. The topological polar surface area (TPSA) is 30.5 Å². The Labute approximate surface area is 188 Å². The summed E-state index contributed by atoms with van der Waals surface area (Å²) in [4.78, 5) is 0. The smallest absolute Gasteiger partial charge is 0.175 e. The lowest BCUT2D eigenvalue weighted by molar-refractivity contribution is 0.267. The second-order valence-corrected chi connectivity index (χ2v) is 8.27. The standard InChI is InChI=1S/C26H30BrNO2/c1-3-29-25-17-23(18-28-20(2)14-15-21-10-6-4-7-11-21)16-24(27)26(25)30-19-22-12-8-5-9-13-22/h4-13,16-17,20,28H,3,14-15,18-19H2,1-2H3/t20-/m0/s1. The molecule has 0 aliphatic carbocycles. The highest BCUT2D eigenvalue weighted by atomic mass is 79.9. The van der Waals surface area contributed by atoms with Gasteiger partial charge in [0.15, 0.2) is 11.5 Å². The van der Waals surface area contributed by atoms with E-state index in [1.165, 1.54) is 11.1 Å². The van der Waals surface area contributed by atoms with Crippen LogP contribution in [0.4, 0.5) is 0 Å². The van der Waals surface area contributed by atoms with Gasteiger partial charge in [0, 0.05) is 12.6 Å². The zero-order valence-electron chi connectivity index (χ0n) is 17.7. The maximum Gasteiger partial charge on any atom is 0.175 e. The zero-order chi connectivity index (χ0) is 21.2. The molecule has 0 fully saturated rings. The first kappa shape index (κ1) is 22.4. The van der Waals surface area contributed by atoms with Gasteiger partial charge in [0.05, 0.1) is 11.1 Å². The molecule has 0 amide bonds. The monoisotopic (exact) mass is 467 g/mol. The summed E-state index contributed by atoms with van der Waals surface area (Å²) in [6, 6.07) is 25.4. The molecule has 0 unspecified atom stereocenters. The third-order valence-electron chi connectivity index (χ3n) is 4.96. The first-order chi connectivity index (χ1) is 14.7. The van der Waals surface area contributed by atoms with Gasteiger partial charge >= 0.3 is 0 Å². The van der Waals surface area contributed by atoms with Crippen molar-refractivity contribution in [2.24, 2.45) is 0 Å². The average Bonchev–Trinajstić information content (AvgIpc) is 2.77. The lowest BCUT2D eigenvalue weighted by Crippen LogP contribution is -2.26. The van der Waals surface area contributed by atoms with Crippen LogP contribution in [-0.2, 0) is 19.6 Å². The van der Waals surface area contributed by atoms with Crippen LogP contribution in [0.2, 0.25) is 0 Å². The van der Waals surface area contributed by atoms with Gasteiger partial charge in [-0.3, -0.25) is 0 Å². The molecule has 158 valence electrons. The van der Waals surface area contributed by atoms with Gasteiger partial charge in [-0.2, -0.15) is 0 Å². The van der Waals surface area contributed by atoms with E-state index < -0.39 is 0 Å². The second kappa shape index (κ2) is 11.8. The van der Waals surface area contributed by atoms with Crippen LogP contribution in [0, 0.1) is 0 Å². The third-order valence-corrected chi connectivity index (χ3v) is 5.55. The quantitative estimate of drug-likeness (QED) is 0.347. The Balaban J connectivity index is 1.59. The molecule has 0 heterocycles. The maximum absolute atomic E-state index is 6.08. The number of nitrogens with one attached hydrogen (secondary N) is 1. The average molecular weight is 468 g/mol. The molecule has 0 saturated carbocycles. The summed E-state index contributed by atoms with van der Waals surface area (Å²) in [6.07, 6.45) is 2.18. The molecule has 0 spiro atoms. The molecular weight excluding hydrogens is 438 g/mol. The van der Waals surface area contributed by atoms with E-state index in [4.69, 9.17) is 9.47 Å². The summed E-state index contributed by atoms with van der Waals surface area (Å²) in [6.45, 7) is 6.12. The fourth-order valence-electron chi connectivity index (χ4n) is 3.28. The molecule has 30 heavy (non-hydrogen) atoms. The number of hydrogen-bond donors (Lipinski definition) is 1. The lowest BCUT2D eigenvalue weighted by atomic mass is 10.1. The minimum Gasteiger partial charge on any atom is -0.490 e. The largest absolute Gasteiger partial charge is 0.490 e. The highest BCUT2D eigenvalue weighted by Gasteiger charge is 2.13. The molecule has 0 radical (unpaired) electrons. The molecule has 1 N–H and O–H groups in total. The zero-order valence-corrected chi connectivity index (χ0v) is 19.3. The summed E-state index contributed by atoms with van der Waals surface area (Å²) in [5.74, 6) is 1.53. The van der Waals surface area contributed by atoms with E-state index in [0.717, 1.165) is 40.9 Å². The van der Waals surface area contributed by atoms with E-state index in [9.17, 15) is 0 Å². The molecule has 0 aromatic heterocycles. The van der Waals surface area contributed by atoms with Crippen molar-refractivity contribution in [1.82, 2.24) is 5.32 Å². The minimum absolute atomic E-state index is 0.425. The molecule has 4 heteroatoms. The van der Waals surface area contributed by atoms with Gasteiger partial charge in [-0.15, -0.1) is 0 Å². The summed E-state index contributed by atoms with van der Waals surface area (Å²) in [7, 11) is 0. The highest BCUT2D eigenvalue weighted by Crippen LogP contribution is 2.37. The van der Waals surface area contributed by atoms with Gasteiger partial charge in [0.1, 0.15) is 6.61 Å². The fourth-order valence-corrected chi connectivity index (χ4v) is 3.88. The summed E-state index contributed by atoms with van der Waals surface area (Å²) < 4.78 is 12.9. The number of ether oxygens (including phenoxy) is 2. The van der Waals surface area contributed by atoms with Gasteiger partial charge in [-0.05, 0) is 71.4 Å². The number of halogens is 1. The predicted octanol–water partition coefficient (Wildman–Crippen LogP) is 6.54. The van der Waals surface area contributed by atoms with Crippen molar-refractivity contribution in [3.63, 3.8) is 0 Å². The predicted molar refractivity (Wildman–Crippen MR) is 127 cm³/mol. The molecule has 3 aromatic rings. The van der Waals surface area contributed by atoms with Gasteiger partial charge in [-0.1, -0.05) is 60.7 Å². The number of aryl methyl sites for hydroxylation is 1. The van der Waals surface area contributed by atoms with Gasteiger partial charge < -0.3 is 14.8 Å². The summed E-state index contributed by atoms with van der Waals surface area (Å²) in [5.41, 5.74) is 3.68.